The number of carbonyl (C=O) groups excluding carboxylic acids is 3. The molecule has 7 nitrogen and oxygen atoms in total. The highest BCUT2D eigenvalue weighted by atomic mass is 35.5. The van der Waals surface area contributed by atoms with Crippen molar-refractivity contribution in [2.75, 3.05) is 0 Å². The summed E-state index contributed by atoms with van der Waals surface area (Å²) in [6.45, 7) is 2.59. The second-order valence-corrected chi connectivity index (χ2v) is 8.14. The number of benzene rings is 2. The summed E-state index contributed by atoms with van der Waals surface area (Å²) < 4.78 is 22.6. The van der Waals surface area contributed by atoms with E-state index in [1.165, 1.54) is 13.8 Å². The average molecular weight is 453 g/mol. The van der Waals surface area contributed by atoms with Crippen molar-refractivity contribution in [1.82, 2.24) is 0 Å². The van der Waals surface area contributed by atoms with Crippen molar-refractivity contribution in [2.24, 2.45) is 5.92 Å². The van der Waals surface area contributed by atoms with E-state index in [1.807, 2.05) is 6.08 Å². The van der Waals surface area contributed by atoms with Gasteiger partial charge >= 0.3 is 17.9 Å². The van der Waals surface area contributed by atoms with E-state index < -0.39 is 34.8 Å². The molecule has 1 spiro atoms. The van der Waals surface area contributed by atoms with Crippen molar-refractivity contribution >= 4 is 29.5 Å². The summed E-state index contributed by atoms with van der Waals surface area (Å²) >= 11 is 6.46. The Kier molecular flexibility index (Phi) is 4.60. The molecule has 2 atom stereocenters. The van der Waals surface area contributed by atoms with Crippen LogP contribution in [-0.2, 0) is 24.7 Å². The summed E-state index contributed by atoms with van der Waals surface area (Å²) in [5.41, 5.74) is 0.535. The number of alkyl halides is 1. The van der Waals surface area contributed by atoms with Gasteiger partial charge in [0, 0.05) is 37.1 Å². The number of hydrogen-bond donors (Lipinski definition) is 0. The monoisotopic (exact) mass is 452 g/mol. The Hall–Kier alpha value is -3.58. The Balaban J connectivity index is 1.74. The quantitative estimate of drug-likeness (QED) is 0.384. The van der Waals surface area contributed by atoms with E-state index in [0.29, 0.717) is 28.2 Å². The van der Waals surface area contributed by atoms with E-state index in [9.17, 15) is 14.4 Å². The third-order valence-corrected chi connectivity index (χ3v) is 5.94. The zero-order valence-corrected chi connectivity index (χ0v) is 17.8. The van der Waals surface area contributed by atoms with Crippen LogP contribution in [0.5, 0.6) is 23.0 Å². The molecule has 0 aromatic heterocycles. The highest BCUT2D eigenvalue weighted by molar-refractivity contribution is 6.24. The van der Waals surface area contributed by atoms with Crippen LogP contribution in [-0.4, -0.2) is 23.3 Å². The zero-order chi connectivity index (χ0) is 22.6. The van der Waals surface area contributed by atoms with Crippen LogP contribution in [0.25, 0.3) is 0 Å². The molecule has 2 aromatic rings. The number of halogens is 1. The number of hydrogen-bond acceptors (Lipinski definition) is 7. The predicted octanol–water partition coefficient (Wildman–Crippen LogP) is 4.16. The van der Waals surface area contributed by atoms with Crippen molar-refractivity contribution in [1.29, 1.82) is 0 Å². The summed E-state index contributed by atoms with van der Waals surface area (Å²) in [4.78, 5) is 35.8. The van der Waals surface area contributed by atoms with Crippen molar-refractivity contribution in [3.05, 3.63) is 71.3 Å². The Morgan fingerprint density at radius 1 is 0.969 bits per heavy atom. The Bertz CT molecular complexity index is 1180. The third kappa shape index (κ3) is 3.00. The van der Waals surface area contributed by atoms with Gasteiger partial charge in [-0.05, 0) is 29.8 Å². The van der Waals surface area contributed by atoms with Crippen LogP contribution < -0.4 is 14.2 Å². The minimum absolute atomic E-state index is 0.277. The van der Waals surface area contributed by atoms with Gasteiger partial charge < -0.3 is 18.9 Å². The Morgan fingerprint density at radius 2 is 1.53 bits per heavy atom. The molecule has 2 unspecified atom stereocenters. The zero-order valence-electron chi connectivity index (χ0n) is 17.1. The van der Waals surface area contributed by atoms with E-state index in [1.54, 1.807) is 48.6 Å². The van der Waals surface area contributed by atoms with E-state index in [-0.39, 0.29) is 11.5 Å². The molecule has 0 radical (unpaired) electrons. The van der Waals surface area contributed by atoms with Gasteiger partial charge in [-0.25, -0.2) is 0 Å². The second kappa shape index (κ2) is 7.24. The standard InChI is InChI=1S/C24H17ClO7/c1-12(26)29-14-6-8-16-20(10-14)31-21-11-15(30-13(2)27)7-9-17(21)24(16)18-4-3-5-19(25)22(18)23(28)32-24/h3-11,19,22H,1-2H3. The largest absolute Gasteiger partial charge is 0.456 e. The maximum absolute atomic E-state index is 13.0. The first-order valence-electron chi connectivity index (χ1n) is 9.89. The lowest BCUT2D eigenvalue weighted by molar-refractivity contribution is -0.148. The van der Waals surface area contributed by atoms with Crippen LogP contribution in [0.4, 0.5) is 0 Å². The first kappa shape index (κ1) is 20.3. The molecular weight excluding hydrogens is 436 g/mol. The molecule has 32 heavy (non-hydrogen) atoms. The van der Waals surface area contributed by atoms with Gasteiger partial charge in [-0.3, -0.25) is 14.4 Å². The molecule has 1 fully saturated rings. The van der Waals surface area contributed by atoms with Crippen LogP contribution in [0.1, 0.15) is 25.0 Å². The molecule has 1 saturated heterocycles. The van der Waals surface area contributed by atoms with Crippen LogP contribution in [0.15, 0.2) is 60.2 Å². The summed E-state index contributed by atoms with van der Waals surface area (Å²) in [5.74, 6) is -0.845. The molecule has 3 aliphatic rings. The fourth-order valence-corrected chi connectivity index (χ4v) is 4.74. The number of carbonyl (C=O) groups is 3. The molecule has 0 N–H and O–H groups in total. The molecule has 0 bridgehead atoms. The van der Waals surface area contributed by atoms with Crippen LogP contribution in [0, 0.1) is 5.92 Å². The molecule has 2 aromatic carbocycles. The third-order valence-electron chi connectivity index (χ3n) is 5.55. The fourth-order valence-electron chi connectivity index (χ4n) is 4.42. The molecule has 162 valence electrons. The lowest BCUT2D eigenvalue weighted by Gasteiger charge is -2.37. The SMILES string of the molecule is CC(=O)Oc1ccc2c(c1)Oc1cc(OC(C)=O)ccc1C21OC(=O)C2C1=CC=CC2Cl. The molecule has 8 heteroatoms. The van der Waals surface area contributed by atoms with E-state index in [2.05, 4.69) is 0 Å². The number of allylic oxidation sites excluding steroid dienone is 3. The van der Waals surface area contributed by atoms with Gasteiger partial charge in [0.1, 0.15) is 28.9 Å². The van der Waals surface area contributed by atoms with E-state index >= 15 is 0 Å². The van der Waals surface area contributed by atoms with Crippen LogP contribution in [0.2, 0.25) is 0 Å². The van der Waals surface area contributed by atoms with E-state index in [4.69, 9.17) is 30.5 Å². The number of ether oxygens (including phenoxy) is 4. The minimum atomic E-state index is -1.29. The highest BCUT2D eigenvalue weighted by Gasteiger charge is 2.59. The molecule has 1 aliphatic carbocycles. The first-order valence-corrected chi connectivity index (χ1v) is 10.3. The predicted molar refractivity (Wildman–Crippen MR) is 113 cm³/mol. The Morgan fingerprint density at radius 3 is 2.06 bits per heavy atom. The fraction of sp³-hybridized carbons (Fsp3) is 0.208. The molecule has 2 aliphatic heterocycles. The number of esters is 3. The summed E-state index contributed by atoms with van der Waals surface area (Å²) in [5, 5.41) is -0.558. The van der Waals surface area contributed by atoms with Crippen molar-refractivity contribution in [2.45, 2.75) is 24.8 Å². The van der Waals surface area contributed by atoms with E-state index in [0.717, 1.165) is 0 Å². The van der Waals surface area contributed by atoms with Gasteiger partial charge in [0.15, 0.2) is 5.60 Å². The second-order valence-electron chi connectivity index (χ2n) is 7.64. The average Bonchev–Trinajstić information content (AvgIpc) is 3.01. The van der Waals surface area contributed by atoms with Gasteiger partial charge in [-0.15, -0.1) is 11.6 Å². The molecule has 0 saturated carbocycles. The topological polar surface area (TPSA) is 88.1 Å². The van der Waals surface area contributed by atoms with Crippen molar-refractivity contribution in [3.63, 3.8) is 0 Å². The van der Waals surface area contributed by atoms with Crippen molar-refractivity contribution < 1.29 is 33.3 Å². The van der Waals surface area contributed by atoms with Crippen molar-refractivity contribution in [3.8, 4) is 23.0 Å². The summed E-state index contributed by atoms with van der Waals surface area (Å²) in [7, 11) is 0. The molecular formula is C24H17ClO7. The first-order chi connectivity index (χ1) is 15.3. The molecule has 0 amide bonds. The smallest absolute Gasteiger partial charge is 0.316 e. The minimum Gasteiger partial charge on any atom is -0.456 e. The van der Waals surface area contributed by atoms with Crippen LogP contribution in [0.3, 0.4) is 0 Å². The Labute approximate surface area is 188 Å². The number of fused-ring (bicyclic) bond motifs is 6. The van der Waals surface area contributed by atoms with Crippen LogP contribution >= 0.6 is 11.6 Å². The number of rotatable bonds is 2. The van der Waals surface area contributed by atoms with Gasteiger partial charge in [0.25, 0.3) is 0 Å². The lowest BCUT2D eigenvalue weighted by Crippen LogP contribution is -2.34. The maximum Gasteiger partial charge on any atom is 0.316 e. The lowest BCUT2D eigenvalue weighted by atomic mass is 9.73. The summed E-state index contributed by atoms with van der Waals surface area (Å²) in [6, 6.07) is 9.74. The maximum atomic E-state index is 13.0. The molecule has 2 heterocycles. The van der Waals surface area contributed by atoms with Gasteiger partial charge in [-0.2, -0.15) is 0 Å². The van der Waals surface area contributed by atoms with Gasteiger partial charge in [0.2, 0.25) is 0 Å². The highest BCUT2D eigenvalue weighted by Crippen LogP contribution is 2.59. The summed E-state index contributed by atoms with van der Waals surface area (Å²) in [6.07, 6.45) is 5.36. The van der Waals surface area contributed by atoms with Gasteiger partial charge in [-0.1, -0.05) is 18.2 Å². The van der Waals surface area contributed by atoms with Gasteiger partial charge in [0.05, 0.1) is 5.38 Å². The normalized spacial score (nSPS) is 21.5. The molecule has 5 rings (SSSR count).